The van der Waals surface area contributed by atoms with Crippen LogP contribution in [0.1, 0.15) is 12.5 Å². The van der Waals surface area contributed by atoms with E-state index in [4.69, 9.17) is 14.2 Å². The van der Waals surface area contributed by atoms with Crippen LogP contribution in [0.3, 0.4) is 0 Å². The summed E-state index contributed by atoms with van der Waals surface area (Å²) in [7, 11) is 1.63. The second-order valence-electron chi connectivity index (χ2n) is 6.26. The SMILES string of the molecule is COc1ccc(OC=C(C)C(=Nc2ccc(C)cc2)Oc2ccccc2)cc1. The second-order valence-corrected chi connectivity index (χ2v) is 6.26. The average molecular weight is 373 g/mol. The molecular formula is C24H23NO3. The Labute approximate surface area is 165 Å². The van der Waals surface area contributed by atoms with Gasteiger partial charge in [-0.05, 0) is 62.4 Å². The minimum atomic E-state index is 0.476. The number of ether oxygens (including phenoxy) is 3. The second kappa shape index (κ2) is 9.42. The number of aliphatic imine (C=N–C) groups is 1. The molecule has 0 atom stereocenters. The molecule has 0 unspecified atom stereocenters. The topological polar surface area (TPSA) is 40.0 Å². The van der Waals surface area contributed by atoms with Crippen molar-refractivity contribution in [1.82, 2.24) is 0 Å². The molecule has 0 saturated heterocycles. The fourth-order valence-corrected chi connectivity index (χ4v) is 2.39. The smallest absolute Gasteiger partial charge is 0.225 e. The summed E-state index contributed by atoms with van der Waals surface area (Å²) in [5, 5.41) is 0. The number of hydrogen-bond donors (Lipinski definition) is 0. The minimum Gasteiger partial charge on any atom is -0.497 e. The molecule has 28 heavy (non-hydrogen) atoms. The molecule has 3 aromatic rings. The van der Waals surface area contributed by atoms with E-state index < -0.39 is 0 Å². The third kappa shape index (κ3) is 5.48. The van der Waals surface area contributed by atoms with Gasteiger partial charge in [-0.25, -0.2) is 4.99 Å². The van der Waals surface area contributed by atoms with Crippen molar-refractivity contribution in [3.05, 3.63) is 96.3 Å². The maximum atomic E-state index is 6.02. The molecule has 4 heteroatoms. The Kier molecular flexibility index (Phi) is 6.47. The molecule has 0 saturated carbocycles. The largest absolute Gasteiger partial charge is 0.497 e. The van der Waals surface area contributed by atoms with Crippen molar-refractivity contribution in [2.45, 2.75) is 13.8 Å². The van der Waals surface area contributed by atoms with Crippen molar-refractivity contribution in [2.75, 3.05) is 7.11 Å². The summed E-state index contributed by atoms with van der Waals surface area (Å²) in [5.74, 6) is 2.67. The molecule has 0 aromatic heterocycles. The first-order valence-corrected chi connectivity index (χ1v) is 9.00. The molecule has 0 heterocycles. The summed E-state index contributed by atoms with van der Waals surface area (Å²) in [4.78, 5) is 4.66. The van der Waals surface area contributed by atoms with Gasteiger partial charge in [0.2, 0.25) is 5.90 Å². The summed E-state index contributed by atoms with van der Waals surface area (Å²) >= 11 is 0. The van der Waals surface area contributed by atoms with Gasteiger partial charge >= 0.3 is 0 Å². The van der Waals surface area contributed by atoms with Crippen LogP contribution in [0.2, 0.25) is 0 Å². The average Bonchev–Trinajstić information content (AvgIpc) is 2.74. The highest BCUT2D eigenvalue weighted by atomic mass is 16.5. The number of hydrogen-bond acceptors (Lipinski definition) is 4. The molecular weight excluding hydrogens is 350 g/mol. The van der Waals surface area contributed by atoms with E-state index in [2.05, 4.69) is 4.99 Å². The lowest BCUT2D eigenvalue weighted by molar-refractivity contribution is 0.412. The number of nitrogens with zero attached hydrogens (tertiary/aromatic N) is 1. The molecule has 0 spiro atoms. The van der Waals surface area contributed by atoms with Gasteiger partial charge in [-0.15, -0.1) is 0 Å². The van der Waals surface area contributed by atoms with Crippen molar-refractivity contribution in [3.8, 4) is 17.2 Å². The van der Waals surface area contributed by atoms with Gasteiger partial charge in [0.1, 0.15) is 17.2 Å². The Morgan fingerprint density at radius 1 is 0.786 bits per heavy atom. The third-order valence-corrected chi connectivity index (χ3v) is 3.99. The first kappa shape index (κ1) is 19.2. The van der Waals surface area contributed by atoms with E-state index in [0.29, 0.717) is 17.4 Å². The Morgan fingerprint density at radius 2 is 1.43 bits per heavy atom. The Balaban J connectivity index is 1.84. The number of benzene rings is 3. The molecule has 0 amide bonds. The van der Waals surface area contributed by atoms with E-state index >= 15 is 0 Å². The third-order valence-electron chi connectivity index (χ3n) is 3.99. The van der Waals surface area contributed by atoms with Crippen LogP contribution in [0, 0.1) is 6.92 Å². The van der Waals surface area contributed by atoms with Crippen LogP contribution in [0.4, 0.5) is 5.69 Å². The van der Waals surface area contributed by atoms with Gasteiger partial charge in [0.25, 0.3) is 0 Å². The molecule has 0 radical (unpaired) electrons. The first-order valence-electron chi connectivity index (χ1n) is 9.00. The maximum absolute atomic E-state index is 6.02. The van der Waals surface area contributed by atoms with Crippen LogP contribution >= 0.6 is 0 Å². The molecule has 3 rings (SSSR count). The Morgan fingerprint density at radius 3 is 2.07 bits per heavy atom. The summed E-state index contributed by atoms with van der Waals surface area (Å²) in [5.41, 5.74) is 2.76. The number of para-hydroxylation sites is 1. The highest BCUT2D eigenvalue weighted by Gasteiger charge is 2.08. The lowest BCUT2D eigenvalue weighted by Gasteiger charge is -2.10. The van der Waals surface area contributed by atoms with Gasteiger partial charge in [-0.1, -0.05) is 35.9 Å². The fraction of sp³-hybridized carbons (Fsp3) is 0.125. The molecule has 142 valence electrons. The van der Waals surface area contributed by atoms with Crippen molar-refractivity contribution in [3.63, 3.8) is 0 Å². The van der Waals surface area contributed by atoms with Crippen LogP contribution in [-0.4, -0.2) is 13.0 Å². The van der Waals surface area contributed by atoms with Gasteiger partial charge < -0.3 is 14.2 Å². The summed E-state index contributed by atoms with van der Waals surface area (Å²) in [6.07, 6.45) is 1.64. The molecule has 0 aliphatic heterocycles. The van der Waals surface area contributed by atoms with E-state index in [1.54, 1.807) is 13.4 Å². The molecule has 0 fully saturated rings. The quantitative estimate of drug-likeness (QED) is 0.298. The maximum Gasteiger partial charge on any atom is 0.225 e. The monoisotopic (exact) mass is 373 g/mol. The van der Waals surface area contributed by atoms with Crippen LogP contribution < -0.4 is 14.2 Å². The van der Waals surface area contributed by atoms with Crippen LogP contribution in [0.15, 0.2) is 95.7 Å². The van der Waals surface area contributed by atoms with E-state index in [1.807, 2.05) is 92.7 Å². The summed E-state index contributed by atoms with van der Waals surface area (Å²) in [6.45, 7) is 3.95. The van der Waals surface area contributed by atoms with E-state index in [0.717, 1.165) is 17.0 Å². The Bertz CT molecular complexity index is 943. The van der Waals surface area contributed by atoms with E-state index in [-0.39, 0.29) is 0 Å². The summed E-state index contributed by atoms with van der Waals surface area (Å²) in [6, 6.07) is 24.9. The zero-order valence-electron chi connectivity index (χ0n) is 16.3. The van der Waals surface area contributed by atoms with Crippen molar-refractivity contribution in [2.24, 2.45) is 4.99 Å². The van der Waals surface area contributed by atoms with Gasteiger partial charge in [-0.2, -0.15) is 0 Å². The van der Waals surface area contributed by atoms with Crippen LogP contribution in [0.25, 0.3) is 0 Å². The predicted molar refractivity (Wildman–Crippen MR) is 113 cm³/mol. The van der Waals surface area contributed by atoms with Crippen LogP contribution in [-0.2, 0) is 0 Å². The van der Waals surface area contributed by atoms with Crippen molar-refractivity contribution >= 4 is 11.6 Å². The zero-order valence-corrected chi connectivity index (χ0v) is 16.3. The molecule has 0 aliphatic carbocycles. The highest BCUT2D eigenvalue weighted by molar-refractivity contribution is 5.96. The van der Waals surface area contributed by atoms with Crippen molar-refractivity contribution in [1.29, 1.82) is 0 Å². The predicted octanol–water partition coefficient (Wildman–Crippen LogP) is 6.10. The van der Waals surface area contributed by atoms with E-state index in [9.17, 15) is 0 Å². The first-order chi connectivity index (χ1) is 13.6. The Hall–Kier alpha value is -3.53. The number of aryl methyl sites for hydroxylation is 1. The minimum absolute atomic E-state index is 0.476. The van der Waals surface area contributed by atoms with E-state index in [1.165, 1.54) is 5.56 Å². The van der Waals surface area contributed by atoms with Gasteiger partial charge in [0.05, 0.1) is 19.1 Å². The number of rotatable bonds is 6. The molecule has 4 nitrogen and oxygen atoms in total. The zero-order chi connectivity index (χ0) is 19.8. The van der Waals surface area contributed by atoms with Gasteiger partial charge in [0, 0.05) is 5.57 Å². The summed E-state index contributed by atoms with van der Waals surface area (Å²) < 4.78 is 16.9. The number of methoxy groups -OCH3 is 1. The lowest BCUT2D eigenvalue weighted by Crippen LogP contribution is -2.10. The van der Waals surface area contributed by atoms with Crippen LogP contribution in [0.5, 0.6) is 17.2 Å². The normalized spacial score (nSPS) is 11.8. The molecule has 3 aromatic carbocycles. The lowest BCUT2D eigenvalue weighted by atomic mass is 10.2. The van der Waals surface area contributed by atoms with Gasteiger partial charge in [0.15, 0.2) is 0 Å². The highest BCUT2D eigenvalue weighted by Crippen LogP contribution is 2.20. The standard InChI is InChI=1S/C24H23NO3/c1-18-9-11-20(12-10-18)25-24(28-23-7-5-4-6-8-23)19(2)17-27-22-15-13-21(26-3)14-16-22/h4-17H,1-3H3. The molecule has 0 bridgehead atoms. The van der Waals surface area contributed by atoms with Gasteiger partial charge in [-0.3, -0.25) is 0 Å². The molecule has 0 N–H and O–H groups in total. The van der Waals surface area contributed by atoms with Crippen molar-refractivity contribution < 1.29 is 14.2 Å². The molecule has 0 aliphatic rings. The fourth-order valence-electron chi connectivity index (χ4n) is 2.39.